The highest BCUT2D eigenvalue weighted by Crippen LogP contribution is 2.23. The third-order valence-electron chi connectivity index (χ3n) is 3.96. The predicted molar refractivity (Wildman–Crippen MR) is 105 cm³/mol. The molecule has 1 atom stereocenters. The quantitative estimate of drug-likeness (QED) is 0.670. The largest absolute Gasteiger partial charge is 0.336 e. The van der Waals surface area contributed by atoms with Gasteiger partial charge in [0.1, 0.15) is 0 Å². The lowest BCUT2D eigenvalue weighted by atomic mass is 10.2. The molecule has 1 aromatic carbocycles. The lowest BCUT2D eigenvalue weighted by Gasteiger charge is -2.23. The molecule has 0 bridgehead atoms. The summed E-state index contributed by atoms with van der Waals surface area (Å²) in [4.78, 5) is 15.6. The van der Waals surface area contributed by atoms with Gasteiger partial charge in [-0.05, 0) is 57.2 Å². The van der Waals surface area contributed by atoms with Gasteiger partial charge in [0.15, 0.2) is 0 Å². The van der Waals surface area contributed by atoms with Crippen LogP contribution in [0.25, 0.3) is 0 Å². The van der Waals surface area contributed by atoms with Crippen LogP contribution >= 0.6 is 11.3 Å². The number of nitrogens with one attached hydrogen (secondary N) is 3. The fourth-order valence-corrected chi connectivity index (χ4v) is 4.38. The van der Waals surface area contributed by atoms with Crippen molar-refractivity contribution in [2.45, 2.75) is 17.9 Å². The molecule has 0 aliphatic rings. The minimum absolute atomic E-state index is 0.0685. The second-order valence-electron chi connectivity index (χ2n) is 6.02. The van der Waals surface area contributed by atoms with Gasteiger partial charge in [-0.2, -0.15) is 0 Å². The number of benzene rings is 1. The van der Waals surface area contributed by atoms with Crippen LogP contribution in [0.1, 0.15) is 16.5 Å². The summed E-state index contributed by atoms with van der Waals surface area (Å²) < 4.78 is 26.4. The zero-order valence-corrected chi connectivity index (χ0v) is 16.9. The normalized spacial score (nSPS) is 12.8. The van der Waals surface area contributed by atoms with Gasteiger partial charge < -0.3 is 15.5 Å². The van der Waals surface area contributed by atoms with Crippen LogP contribution in [-0.4, -0.2) is 47.0 Å². The molecule has 1 unspecified atom stereocenters. The smallest absolute Gasteiger partial charge is 0.319 e. The molecular weight excluding hydrogens is 372 g/mol. The topological polar surface area (TPSA) is 90.5 Å². The van der Waals surface area contributed by atoms with Crippen LogP contribution in [-0.2, 0) is 10.0 Å². The van der Waals surface area contributed by atoms with E-state index in [1.165, 1.54) is 13.1 Å². The Labute approximate surface area is 158 Å². The van der Waals surface area contributed by atoms with Gasteiger partial charge in [-0.3, -0.25) is 0 Å². The number of rotatable bonds is 7. The minimum Gasteiger partial charge on any atom is -0.336 e. The van der Waals surface area contributed by atoms with E-state index in [4.69, 9.17) is 0 Å². The van der Waals surface area contributed by atoms with Gasteiger partial charge in [0.2, 0.25) is 10.0 Å². The number of hydrogen-bond donors (Lipinski definition) is 3. The van der Waals surface area contributed by atoms with E-state index in [0.29, 0.717) is 17.8 Å². The van der Waals surface area contributed by atoms with Crippen molar-refractivity contribution in [1.82, 2.24) is 14.9 Å². The van der Waals surface area contributed by atoms with Crippen molar-refractivity contribution in [3.05, 3.63) is 46.2 Å². The third kappa shape index (κ3) is 5.04. The summed E-state index contributed by atoms with van der Waals surface area (Å²) in [6.07, 6.45) is 0. The Morgan fingerprint density at radius 1 is 1.27 bits per heavy atom. The van der Waals surface area contributed by atoms with E-state index in [0.717, 1.165) is 4.88 Å². The first-order valence-electron chi connectivity index (χ1n) is 8.03. The molecular formula is C17H24N4O3S2. The van der Waals surface area contributed by atoms with Crippen LogP contribution in [0.4, 0.5) is 10.5 Å². The molecule has 0 spiro atoms. The van der Waals surface area contributed by atoms with Gasteiger partial charge in [0.25, 0.3) is 0 Å². The van der Waals surface area contributed by atoms with E-state index in [2.05, 4.69) is 15.4 Å². The van der Waals surface area contributed by atoms with Gasteiger partial charge >= 0.3 is 6.03 Å². The molecule has 0 saturated carbocycles. The van der Waals surface area contributed by atoms with Gasteiger partial charge in [-0.25, -0.2) is 17.9 Å². The van der Waals surface area contributed by atoms with Crippen LogP contribution in [0, 0.1) is 6.92 Å². The number of aryl methyl sites for hydroxylation is 1. The van der Waals surface area contributed by atoms with Gasteiger partial charge in [0, 0.05) is 17.1 Å². The number of nitrogens with zero attached hydrogens (tertiary/aromatic N) is 1. The maximum absolute atomic E-state index is 12.2. The second-order valence-corrected chi connectivity index (χ2v) is 8.85. The standard InChI is InChI=1S/C17H24N4O3S2/c1-12-7-8-13(10-16(12)26(23,24)18-2)20-17(22)19-11-14(21(3)4)15-6-5-9-25-15/h5-10,14,18H,11H2,1-4H3,(H2,19,20,22). The highest BCUT2D eigenvalue weighted by atomic mass is 32.2. The molecule has 9 heteroatoms. The predicted octanol–water partition coefficient (Wildman–Crippen LogP) is 2.39. The van der Waals surface area contributed by atoms with E-state index in [-0.39, 0.29) is 17.0 Å². The summed E-state index contributed by atoms with van der Waals surface area (Å²) in [6.45, 7) is 2.14. The first-order valence-corrected chi connectivity index (χ1v) is 10.4. The van der Waals surface area contributed by atoms with E-state index in [1.54, 1.807) is 30.4 Å². The van der Waals surface area contributed by atoms with Crippen molar-refractivity contribution in [2.75, 3.05) is 33.0 Å². The zero-order valence-electron chi connectivity index (χ0n) is 15.2. The summed E-state index contributed by atoms with van der Waals surface area (Å²) >= 11 is 1.64. The molecule has 142 valence electrons. The third-order valence-corrected chi connectivity index (χ3v) is 6.49. The summed E-state index contributed by atoms with van der Waals surface area (Å²) in [5, 5.41) is 7.53. The van der Waals surface area contributed by atoms with Crippen LogP contribution in [0.5, 0.6) is 0 Å². The molecule has 1 aromatic heterocycles. The molecule has 7 nitrogen and oxygen atoms in total. The summed E-state index contributed by atoms with van der Waals surface area (Å²) in [7, 11) is 1.69. The molecule has 0 saturated heterocycles. The van der Waals surface area contributed by atoms with Crippen molar-refractivity contribution >= 4 is 33.1 Å². The first-order chi connectivity index (χ1) is 12.2. The molecule has 2 rings (SSSR count). The average Bonchev–Trinajstić information content (AvgIpc) is 3.10. The van der Waals surface area contributed by atoms with Crippen molar-refractivity contribution < 1.29 is 13.2 Å². The van der Waals surface area contributed by atoms with Gasteiger partial charge in [0.05, 0.1) is 10.9 Å². The SMILES string of the molecule is CNS(=O)(=O)c1cc(NC(=O)NCC(c2cccs2)N(C)C)ccc1C. The molecule has 26 heavy (non-hydrogen) atoms. The van der Waals surface area contributed by atoms with Crippen molar-refractivity contribution in [2.24, 2.45) is 0 Å². The number of sulfonamides is 1. The molecule has 0 fully saturated rings. The number of anilines is 1. The van der Waals surface area contributed by atoms with E-state index >= 15 is 0 Å². The van der Waals surface area contributed by atoms with Crippen LogP contribution in [0.15, 0.2) is 40.6 Å². The first kappa shape index (κ1) is 20.4. The lowest BCUT2D eigenvalue weighted by molar-refractivity contribution is 0.244. The molecule has 0 radical (unpaired) electrons. The fraction of sp³-hybridized carbons (Fsp3) is 0.353. The molecule has 2 aromatic rings. The van der Waals surface area contributed by atoms with E-state index in [1.807, 2.05) is 36.5 Å². The van der Waals surface area contributed by atoms with E-state index in [9.17, 15) is 13.2 Å². The monoisotopic (exact) mass is 396 g/mol. The van der Waals surface area contributed by atoms with Crippen LogP contribution in [0.2, 0.25) is 0 Å². The average molecular weight is 397 g/mol. The highest BCUT2D eigenvalue weighted by molar-refractivity contribution is 7.89. The summed E-state index contributed by atoms with van der Waals surface area (Å²) in [5.41, 5.74) is 1.02. The van der Waals surface area contributed by atoms with E-state index < -0.39 is 10.0 Å². The lowest BCUT2D eigenvalue weighted by Crippen LogP contribution is -2.36. The number of carbonyl (C=O) groups excluding carboxylic acids is 1. The van der Waals surface area contributed by atoms with Crippen molar-refractivity contribution in [3.63, 3.8) is 0 Å². The fourth-order valence-electron chi connectivity index (χ4n) is 2.46. The number of carbonyl (C=O) groups is 1. The summed E-state index contributed by atoms with van der Waals surface area (Å²) in [5.74, 6) is 0. The van der Waals surface area contributed by atoms with Crippen LogP contribution < -0.4 is 15.4 Å². The Morgan fingerprint density at radius 3 is 2.58 bits per heavy atom. The Hall–Kier alpha value is -1.94. The Kier molecular flexibility index (Phi) is 6.76. The number of urea groups is 1. The highest BCUT2D eigenvalue weighted by Gasteiger charge is 2.18. The number of amides is 2. The molecule has 3 N–H and O–H groups in total. The molecule has 2 amide bonds. The Bertz CT molecular complexity index is 849. The van der Waals surface area contributed by atoms with Crippen molar-refractivity contribution in [1.29, 1.82) is 0 Å². The molecule has 1 heterocycles. The Morgan fingerprint density at radius 2 is 2.00 bits per heavy atom. The van der Waals surface area contributed by atoms with Gasteiger partial charge in [-0.1, -0.05) is 12.1 Å². The molecule has 0 aliphatic carbocycles. The maximum atomic E-state index is 12.2. The van der Waals surface area contributed by atoms with Crippen molar-refractivity contribution in [3.8, 4) is 0 Å². The number of hydrogen-bond acceptors (Lipinski definition) is 5. The maximum Gasteiger partial charge on any atom is 0.319 e. The second kappa shape index (κ2) is 8.63. The minimum atomic E-state index is -3.58. The number of likely N-dealkylation sites (N-methyl/N-ethyl adjacent to an activating group) is 1. The number of thiophene rings is 1. The Balaban J connectivity index is 2.05. The van der Waals surface area contributed by atoms with Crippen LogP contribution in [0.3, 0.4) is 0 Å². The zero-order chi connectivity index (χ0) is 19.3. The van der Waals surface area contributed by atoms with Gasteiger partial charge in [-0.15, -0.1) is 11.3 Å². The molecule has 0 aliphatic heterocycles. The summed E-state index contributed by atoms with van der Waals surface area (Å²) in [6, 6.07) is 8.48.